The zero-order chi connectivity index (χ0) is 24.1. The molecule has 174 valence electrons. The van der Waals surface area contributed by atoms with E-state index in [9.17, 15) is 14.4 Å². The number of imide groups is 2. The molecule has 0 radical (unpaired) electrons. The van der Waals surface area contributed by atoms with Crippen molar-refractivity contribution in [3.63, 3.8) is 0 Å². The Labute approximate surface area is 196 Å². The van der Waals surface area contributed by atoms with Gasteiger partial charge >= 0.3 is 6.03 Å². The molecule has 1 N–H and O–H groups in total. The first-order chi connectivity index (χ1) is 16.4. The summed E-state index contributed by atoms with van der Waals surface area (Å²) in [6.45, 7) is 4.68. The van der Waals surface area contributed by atoms with Gasteiger partial charge in [-0.3, -0.25) is 19.8 Å². The molecule has 0 unspecified atom stereocenters. The first-order valence-electron chi connectivity index (χ1n) is 10.8. The number of hydrogen-bond donors (Lipinski definition) is 1. The van der Waals surface area contributed by atoms with Crippen molar-refractivity contribution >= 4 is 23.9 Å². The second kappa shape index (κ2) is 10.1. The fourth-order valence-electron chi connectivity index (χ4n) is 3.55. The second-order valence-electron chi connectivity index (χ2n) is 7.77. The lowest BCUT2D eigenvalue weighted by atomic mass is 10.1. The van der Waals surface area contributed by atoms with E-state index in [1.807, 2.05) is 32.0 Å². The van der Waals surface area contributed by atoms with Crippen LogP contribution in [0.3, 0.4) is 0 Å². The molecule has 0 aliphatic carbocycles. The molecule has 1 saturated heterocycles. The van der Waals surface area contributed by atoms with Gasteiger partial charge in [0.1, 0.15) is 36.0 Å². The van der Waals surface area contributed by atoms with Crippen LogP contribution in [0.2, 0.25) is 0 Å². The number of aryl methyl sites for hydroxylation is 2. The molecule has 34 heavy (non-hydrogen) atoms. The number of urea groups is 1. The average Bonchev–Trinajstić information content (AvgIpc) is 3.33. The van der Waals surface area contributed by atoms with E-state index in [0.29, 0.717) is 30.3 Å². The summed E-state index contributed by atoms with van der Waals surface area (Å²) in [5.74, 6) is 0.494. The van der Waals surface area contributed by atoms with Crippen LogP contribution in [0.25, 0.3) is 6.08 Å². The molecule has 4 amide bonds. The number of rotatable bonds is 8. The van der Waals surface area contributed by atoms with Crippen molar-refractivity contribution in [1.82, 2.24) is 10.2 Å². The van der Waals surface area contributed by atoms with Crippen molar-refractivity contribution in [3.05, 3.63) is 88.9 Å². The van der Waals surface area contributed by atoms with Crippen LogP contribution >= 0.6 is 0 Å². The van der Waals surface area contributed by atoms with Crippen LogP contribution < -0.4 is 14.8 Å². The highest BCUT2D eigenvalue weighted by atomic mass is 16.5. The summed E-state index contributed by atoms with van der Waals surface area (Å²) >= 11 is 0. The molecule has 0 saturated carbocycles. The summed E-state index contributed by atoms with van der Waals surface area (Å²) in [5.41, 5.74) is 2.62. The number of para-hydroxylation sites is 1. The van der Waals surface area contributed by atoms with E-state index in [0.717, 1.165) is 21.8 Å². The first-order valence-corrected chi connectivity index (χ1v) is 10.8. The maximum absolute atomic E-state index is 12.8. The highest BCUT2D eigenvalue weighted by Crippen LogP contribution is 2.23. The number of furan rings is 1. The van der Waals surface area contributed by atoms with E-state index in [1.165, 1.54) is 12.3 Å². The minimum Gasteiger partial charge on any atom is -0.490 e. The van der Waals surface area contributed by atoms with Gasteiger partial charge < -0.3 is 13.9 Å². The number of carbonyl (C=O) groups is 3. The van der Waals surface area contributed by atoms with Crippen molar-refractivity contribution in [3.8, 4) is 11.5 Å². The Morgan fingerprint density at radius 1 is 0.912 bits per heavy atom. The predicted molar refractivity (Wildman–Crippen MR) is 124 cm³/mol. The molecule has 2 heterocycles. The molecule has 2 aromatic carbocycles. The summed E-state index contributed by atoms with van der Waals surface area (Å²) < 4.78 is 16.8. The topological polar surface area (TPSA) is 98.1 Å². The molecular formula is C26H24N2O6. The monoisotopic (exact) mass is 460 g/mol. The average molecular weight is 460 g/mol. The molecule has 0 spiro atoms. The number of barbiturate groups is 1. The molecule has 0 bridgehead atoms. The smallest absolute Gasteiger partial charge is 0.331 e. The van der Waals surface area contributed by atoms with E-state index in [2.05, 4.69) is 5.32 Å². The largest absolute Gasteiger partial charge is 0.490 e. The number of benzene rings is 2. The van der Waals surface area contributed by atoms with Crippen molar-refractivity contribution in [2.24, 2.45) is 0 Å². The summed E-state index contributed by atoms with van der Waals surface area (Å²) in [5, 5.41) is 2.19. The number of carbonyl (C=O) groups excluding carboxylic acids is 3. The molecule has 1 aromatic heterocycles. The number of hydrogen-bond acceptors (Lipinski definition) is 6. The summed E-state index contributed by atoms with van der Waals surface area (Å²) in [6.07, 6.45) is 2.89. The third-order valence-corrected chi connectivity index (χ3v) is 5.28. The van der Waals surface area contributed by atoms with Gasteiger partial charge in [-0.1, -0.05) is 30.3 Å². The van der Waals surface area contributed by atoms with Crippen LogP contribution in [0, 0.1) is 13.8 Å². The lowest BCUT2D eigenvalue weighted by molar-refractivity contribution is -0.130. The second-order valence-corrected chi connectivity index (χ2v) is 7.77. The maximum atomic E-state index is 12.8. The fourth-order valence-corrected chi connectivity index (χ4v) is 3.55. The van der Waals surface area contributed by atoms with Gasteiger partial charge in [-0.25, -0.2) is 4.79 Å². The molecule has 4 rings (SSSR count). The van der Waals surface area contributed by atoms with Gasteiger partial charge in [-0.2, -0.15) is 0 Å². The first kappa shape index (κ1) is 22.8. The number of amides is 4. The van der Waals surface area contributed by atoms with E-state index in [1.54, 1.807) is 36.4 Å². The number of nitrogens with zero attached hydrogens (tertiary/aromatic N) is 1. The standard InChI is InChI=1S/C26H24N2O6/c1-17-5-3-6-18(2)23(17)34-14-13-33-20-10-8-19(9-11-20)15-22-24(29)27-26(31)28(25(22)30)16-21-7-4-12-32-21/h3-12,15H,13-14,16H2,1-2H3,(H,27,29,31)/b22-15-. The normalized spacial score (nSPS) is 14.9. The zero-order valence-corrected chi connectivity index (χ0v) is 18.9. The molecule has 0 atom stereocenters. The molecule has 8 heteroatoms. The minimum atomic E-state index is -0.782. The van der Waals surface area contributed by atoms with Crippen LogP contribution in [0.1, 0.15) is 22.5 Å². The fraction of sp³-hybridized carbons (Fsp3) is 0.192. The van der Waals surface area contributed by atoms with Crippen molar-refractivity contribution < 1.29 is 28.3 Å². The summed E-state index contributed by atoms with van der Waals surface area (Å²) in [4.78, 5) is 38.1. The maximum Gasteiger partial charge on any atom is 0.331 e. The molecule has 1 fully saturated rings. The quantitative estimate of drug-likeness (QED) is 0.310. The lowest BCUT2D eigenvalue weighted by Gasteiger charge is -2.25. The Morgan fingerprint density at radius 3 is 2.29 bits per heavy atom. The van der Waals surface area contributed by atoms with Crippen LogP contribution in [-0.4, -0.2) is 36.0 Å². The van der Waals surface area contributed by atoms with Gasteiger partial charge in [0.15, 0.2) is 0 Å². The van der Waals surface area contributed by atoms with Gasteiger partial charge in [0.2, 0.25) is 0 Å². The molecule has 8 nitrogen and oxygen atoms in total. The van der Waals surface area contributed by atoms with Gasteiger partial charge in [-0.05, 0) is 60.9 Å². The van der Waals surface area contributed by atoms with Gasteiger partial charge in [0, 0.05) is 0 Å². The Morgan fingerprint density at radius 2 is 1.62 bits per heavy atom. The Hall–Kier alpha value is -4.33. The van der Waals surface area contributed by atoms with Crippen LogP contribution in [0.4, 0.5) is 4.79 Å². The highest BCUT2D eigenvalue weighted by molar-refractivity contribution is 6.30. The van der Waals surface area contributed by atoms with Gasteiger partial charge in [0.05, 0.1) is 12.8 Å². The Bertz CT molecular complexity index is 1210. The van der Waals surface area contributed by atoms with E-state index in [4.69, 9.17) is 13.9 Å². The predicted octanol–water partition coefficient (Wildman–Crippen LogP) is 4.02. The van der Waals surface area contributed by atoms with Crippen LogP contribution in [-0.2, 0) is 16.1 Å². The van der Waals surface area contributed by atoms with Crippen LogP contribution in [0.15, 0.2) is 70.9 Å². The SMILES string of the molecule is Cc1cccc(C)c1OCCOc1ccc(/C=C2/C(=O)NC(=O)N(Cc3ccco3)C2=O)cc1. The van der Waals surface area contributed by atoms with E-state index < -0.39 is 17.8 Å². The Balaban J connectivity index is 1.37. The lowest BCUT2D eigenvalue weighted by Crippen LogP contribution is -2.53. The van der Waals surface area contributed by atoms with Gasteiger partial charge in [0.25, 0.3) is 11.8 Å². The van der Waals surface area contributed by atoms with Crippen molar-refractivity contribution in [2.75, 3.05) is 13.2 Å². The molecular weight excluding hydrogens is 436 g/mol. The third kappa shape index (κ3) is 5.17. The van der Waals surface area contributed by atoms with Crippen molar-refractivity contribution in [2.45, 2.75) is 20.4 Å². The van der Waals surface area contributed by atoms with E-state index in [-0.39, 0.29) is 12.1 Å². The third-order valence-electron chi connectivity index (χ3n) is 5.28. The molecule has 1 aliphatic heterocycles. The number of nitrogens with one attached hydrogen (secondary N) is 1. The highest BCUT2D eigenvalue weighted by Gasteiger charge is 2.36. The molecule has 3 aromatic rings. The molecule has 1 aliphatic rings. The summed E-state index contributed by atoms with van der Waals surface area (Å²) in [7, 11) is 0. The number of ether oxygens (including phenoxy) is 2. The van der Waals surface area contributed by atoms with E-state index >= 15 is 0 Å². The van der Waals surface area contributed by atoms with Gasteiger partial charge in [-0.15, -0.1) is 0 Å². The van der Waals surface area contributed by atoms with Crippen LogP contribution in [0.5, 0.6) is 11.5 Å². The Kier molecular flexibility index (Phi) is 6.77. The summed E-state index contributed by atoms with van der Waals surface area (Å²) in [6, 6.07) is 15.4. The minimum absolute atomic E-state index is 0.0703. The van der Waals surface area contributed by atoms with Crippen molar-refractivity contribution in [1.29, 1.82) is 0 Å². The zero-order valence-electron chi connectivity index (χ0n) is 18.9.